The second-order valence-electron chi connectivity index (χ2n) is 6.80. The molecule has 0 aliphatic rings. The van der Waals surface area contributed by atoms with E-state index in [1.165, 1.54) is 12.1 Å². The van der Waals surface area contributed by atoms with Gasteiger partial charge in [-0.25, -0.2) is 9.07 Å². The fourth-order valence-corrected chi connectivity index (χ4v) is 3.27. The third-order valence-electron chi connectivity index (χ3n) is 4.70. The van der Waals surface area contributed by atoms with Gasteiger partial charge in [-0.1, -0.05) is 41.9 Å². The monoisotopic (exact) mass is 419 g/mol. The van der Waals surface area contributed by atoms with Crippen LogP contribution in [0.2, 0.25) is 5.02 Å². The first-order valence-corrected chi connectivity index (χ1v) is 9.92. The van der Waals surface area contributed by atoms with Crippen LogP contribution >= 0.6 is 11.6 Å². The molecule has 150 valence electrons. The minimum absolute atomic E-state index is 0.234. The van der Waals surface area contributed by atoms with Crippen LogP contribution in [0.5, 0.6) is 0 Å². The van der Waals surface area contributed by atoms with E-state index in [0.717, 1.165) is 17.5 Å². The summed E-state index contributed by atoms with van der Waals surface area (Å²) in [6.07, 6.45) is 0.729. The molecule has 0 spiro atoms. The maximum absolute atomic E-state index is 13.3. The zero-order valence-electron chi connectivity index (χ0n) is 16.1. The Hall–Kier alpha value is -3.44. The first-order valence-electron chi connectivity index (χ1n) is 9.54. The molecule has 6 heteroatoms. The van der Waals surface area contributed by atoms with Gasteiger partial charge in [0.1, 0.15) is 11.5 Å². The van der Waals surface area contributed by atoms with Gasteiger partial charge in [0.25, 0.3) is 5.91 Å². The molecule has 0 atom stereocenters. The highest BCUT2D eigenvalue weighted by Gasteiger charge is 2.17. The fourth-order valence-electron chi connectivity index (χ4n) is 3.14. The van der Waals surface area contributed by atoms with Gasteiger partial charge < -0.3 is 5.32 Å². The maximum Gasteiger partial charge on any atom is 0.270 e. The Kier molecular flexibility index (Phi) is 5.91. The van der Waals surface area contributed by atoms with Crippen molar-refractivity contribution in [3.05, 3.63) is 107 Å². The Morgan fingerprint density at radius 1 is 0.967 bits per heavy atom. The Morgan fingerprint density at radius 3 is 2.37 bits per heavy atom. The Labute approximate surface area is 178 Å². The SMILES string of the molecule is O=C(NCCc1ccccc1)c1cc(-c2ccc(F)cc2)nn1-c1ccc(Cl)cc1. The molecule has 0 unspecified atom stereocenters. The maximum atomic E-state index is 13.3. The molecule has 0 fully saturated rings. The molecule has 30 heavy (non-hydrogen) atoms. The molecule has 0 aliphatic heterocycles. The second kappa shape index (κ2) is 8.93. The van der Waals surface area contributed by atoms with Gasteiger partial charge in [0, 0.05) is 17.1 Å². The van der Waals surface area contributed by atoms with Crippen molar-refractivity contribution in [1.82, 2.24) is 15.1 Å². The average molecular weight is 420 g/mol. The molecule has 4 rings (SSSR count). The van der Waals surface area contributed by atoms with E-state index in [1.54, 1.807) is 47.1 Å². The van der Waals surface area contributed by atoms with Crippen LogP contribution in [-0.4, -0.2) is 22.2 Å². The highest BCUT2D eigenvalue weighted by Crippen LogP contribution is 2.23. The number of nitrogens with one attached hydrogen (secondary N) is 1. The van der Waals surface area contributed by atoms with Crippen LogP contribution in [0.3, 0.4) is 0 Å². The van der Waals surface area contributed by atoms with Gasteiger partial charge in [0.05, 0.1) is 11.4 Å². The molecule has 1 aromatic heterocycles. The molecule has 4 aromatic rings. The molecule has 1 heterocycles. The highest BCUT2D eigenvalue weighted by molar-refractivity contribution is 6.30. The Balaban J connectivity index is 1.61. The summed E-state index contributed by atoms with van der Waals surface area (Å²) in [5.41, 5.74) is 3.56. The number of carbonyl (C=O) groups is 1. The van der Waals surface area contributed by atoms with E-state index in [9.17, 15) is 9.18 Å². The van der Waals surface area contributed by atoms with Crippen molar-refractivity contribution in [1.29, 1.82) is 0 Å². The van der Waals surface area contributed by atoms with E-state index in [2.05, 4.69) is 10.4 Å². The molecule has 3 aromatic carbocycles. The zero-order valence-corrected chi connectivity index (χ0v) is 16.8. The van der Waals surface area contributed by atoms with Crippen LogP contribution in [0.4, 0.5) is 4.39 Å². The van der Waals surface area contributed by atoms with Crippen molar-refractivity contribution < 1.29 is 9.18 Å². The second-order valence-corrected chi connectivity index (χ2v) is 7.24. The van der Waals surface area contributed by atoms with Crippen LogP contribution in [0, 0.1) is 5.82 Å². The lowest BCUT2D eigenvalue weighted by Crippen LogP contribution is -2.27. The Bertz CT molecular complexity index is 1140. The number of hydrogen-bond acceptors (Lipinski definition) is 2. The van der Waals surface area contributed by atoms with Gasteiger partial charge in [0.15, 0.2) is 0 Å². The van der Waals surface area contributed by atoms with Crippen molar-refractivity contribution in [2.75, 3.05) is 6.54 Å². The minimum atomic E-state index is -0.324. The zero-order chi connectivity index (χ0) is 20.9. The predicted octanol–water partition coefficient (Wildman–Crippen LogP) is 5.30. The summed E-state index contributed by atoms with van der Waals surface area (Å²) in [5, 5.41) is 8.14. The molecule has 0 radical (unpaired) electrons. The van der Waals surface area contributed by atoms with Gasteiger partial charge in [-0.15, -0.1) is 0 Å². The van der Waals surface area contributed by atoms with Gasteiger partial charge in [0.2, 0.25) is 0 Å². The van der Waals surface area contributed by atoms with Gasteiger partial charge in [-0.3, -0.25) is 4.79 Å². The molecule has 4 nitrogen and oxygen atoms in total. The quantitative estimate of drug-likeness (QED) is 0.460. The van der Waals surface area contributed by atoms with Crippen LogP contribution < -0.4 is 5.32 Å². The highest BCUT2D eigenvalue weighted by atomic mass is 35.5. The van der Waals surface area contributed by atoms with Crippen molar-refractivity contribution in [2.45, 2.75) is 6.42 Å². The van der Waals surface area contributed by atoms with E-state index < -0.39 is 0 Å². The van der Waals surface area contributed by atoms with Gasteiger partial charge in [-0.2, -0.15) is 5.10 Å². The minimum Gasteiger partial charge on any atom is -0.350 e. The summed E-state index contributed by atoms with van der Waals surface area (Å²) in [6, 6.07) is 24.8. The largest absolute Gasteiger partial charge is 0.350 e. The van der Waals surface area contributed by atoms with E-state index in [-0.39, 0.29) is 11.7 Å². The van der Waals surface area contributed by atoms with E-state index in [4.69, 9.17) is 11.6 Å². The smallest absolute Gasteiger partial charge is 0.270 e. The lowest BCUT2D eigenvalue weighted by Gasteiger charge is -2.08. The first-order chi connectivity index (χ1) is 14.6. The number of hydrogen-bond donors (Lipinski definition) is 1. The standard InChI is InChI=1S/C24H19ClFN3O/c25-19-8-12-21(13-9-19)29-23(16-22(28-29)18-6-10-20(26)11-7-18)24(30)27-15-14-17-4-2-1-3-5-17/h1-13,16H,14-15H2,(H,27,30). The van der Waals surface area contributed by atoms with Crippen LogP contribution in [-0.2, 0) is 6.42 Å². The van der Waals surface area contributed by atoms with Crippen molar-refractivity contribution in [3.8, 4) is 16.9 Å². The molecule has 0 aliphatic carbocycles. The van der Waals surface area contributed by atoms with E-state index in [1.807, 2.05) is 30.3 Å². The van der Waals surface area contributed by atoms with Crippen molar-refractivity contribution in [2.24, 2.45) is 0 Å². The molecular formula is C24H19ClFN3O. The van der Waals surface area contributed by atoms with Gasteiger partial charge >= 0.3 is 0 Å². The number of nitrogens with zero attached hydrogens (tertiary/aromatic N) is 2. The van der Waals surface area contributed by atoms with Gasteiger partial charge in [-0.05, 0) is 66.6 Å². The molecular weight excluding hydrogens is 401 g/mol. The fraction of sp³-hybridized carbons (Fsp3) is 0.0833. The predicted molar refractivity (Wildman–Crippen MR) is 116 cm³/mol. The molecule has 1 amide bonds. The first kappa shape index (κ1) is 19.9. The van der Waals surface area contributed by atoms with Crippen molar-refractivity contribution in [3.63, 3.8) is 0 Å². The number of amides is 1. The third-order valence-corrected chi connectivity index (χ3v) is 4.95. The number of rotatable bonds is 6. The van der Waals surface area contributed by atoms with E-state index >= 15 is 0 Å². The molecule has 0 bridgehead atoms. The number of carbonyl (C=O) groups excluding carboxylic acids is 1. The topological polar surface area (TPSA) is 46.9 Å². The average Bonchev–Trinajstić information content (AvgIpc) is 3.21. The lowest BCUT2D eigenvalue weighted by atomic mass is 10.1. The number of aromatic nitrogens is 2. The van der Waals surface area contributed by atoms with Crippen molar-refractivity contribution >= 4 is 17.5 Å². The summed E-state index contributed by atoms with van der Waals surface area (Å²) in [4.78, 5) is 12.9. The van der Waals surface area contributed by atoms with E-state index in [0.29, 0.717) is 28.6 Å². The third kappa shape index (κ3) is 4.58. The summed E-state index contributed by atoms with van der Waals surface area (Å²) in [5.74, 6) is -0.559. The van der Waals surface area contributed by atoms with Crippen LogP contribution in [0.1, 0.15) is 16.1 Å². The lowest BCUT2D eigenvalue weighted by molar-refractivity contribution is 0.0946. The normalized spacial score (nSPS) is 10.7. The van der Waals surface area contributed by atoms with Crippen LogP contribution in [0.25, 0.3) is 16.9 Å². The Morgan fingerprint density at radius 2 is 1.67 bits per heavy atom. The summed E-state index contributed by atoms with van der Waals surface area (Å²) in [6.45, 7) is 0.501. The molecule has 0 saturated carbocycles. The molecule has 0 saturated heterocycles. The number of benzene rings is 3. The van der Waals surface area contributed by atoms with Crippen LogP contribution in [0.15, 0.2) is 84.9 Å². The number of halogens is 2. The summed E-state index contributed by atoms with van der Waals surface area (Å²) >= 11 is 6.00. The summed E-state index contributed by atoms with van der Waals surface area (Å²) in [7, 11) is 0. The summed E-state index contributed by atoms with van der Waals surface area (Å²) < 4.78 is 14.9. The molecule has 1 N–H and O–H groups in total.